The smallest absolute Gasteiger partial charge is 0.306 e. The lowest BCUT2D eigenvalue weighted by Crippen LogP contribution is -2.37. The highest BCUT2D eigenvalue weighted by Crippen LogP contribution is 2.38. The Morgan fingerprint density at radius 1 is 0.369 bits per heavy atom. The maximum atomic E-state index is 12.8. The van der Waals surface area contributed by atoms with Crippen molar-refractivity contribution >= 4 is 19.8 Å². The first-order valence-electron chi connectivity index (χ1n) is 31.4. The second kappa shape index (κ2) is 61.9. The molecule has 0 heterocycles. The number of nitrogens with zero attached hydrogens (tertiary/aromatic N) is 1. The molecule has 0 aliphatic rings. The van der Waals surface area contributed by atoms with Crippen LogP contribution in [-0.4, -0.2) is 70.0 Å². The molecular formula is C74H112NO8P. The average Bonchev–Trinajstić information content (AvgIpc) is 3.61. The van der Waals surface area contributed by atoms with E-state index >= 15 is 0 Å². The molecular weight excluding hydrogens is 1060 g/mol. The minimum Gasteiger partial charge on any atom is -0.756 e. The van der Waals surface area contributed by atoms with Gasteiger partial charge >= 0.3 is 11.9 Å². The van der Waals surface area contributed by atoms with E-state index in [0.717, 1.165) is 141 Å². The van der Waals surface area contributed by atoms with Crippen LogP contribution in [0.1, 0.15) is 181 Å². The highest BCUT2D eigenvalue weighted by atomic mass is 31.2. The molecule has 0 amide bonds. The number of hydrogen-bond donors (Lipinski definition) is 0. The van der Waals surface area contributed by atoms with Gasteiger partial charge in [-0.2, -0.15) is 0 Å². The van der Waals surface area contributed by atoms with Gasteiger partial charge in [-0.25, -0.2) is 0 Å². The summed E-state index contributed by atoms with van der Waals surface area (Å²) in [5.41, 5.74) is 0. The van der Waals surface area contributed by atoms with Crippen molar-refractivity contribution in [3.63, 3.8) is 0 Å². The Kier molecular flexibility index (Phi) is 57.7. The lowest BCUT2D eigenvalue weighted by atomic mass is 10.1. The summed E-state index contributed by atoms with van der Waals surface area (Å²) in [4.78, 5) is 37.9. The summed E-state index contributed by atoms with van der Waals surface area (Å²) in [7, 11) is 1.07. The summed E-state index contributed by atoms with van der Waals surface area (Å²) >= 11 is 0. The van der Waals surface area contributed by atoms with Gasteiger partial charge in [-0.15, -0.1) is 0 Å². The van der Waals surface area contributed by atoms with E-state index in [4.69, 9.17) is 18.5 Å². The molecule has 0 aromatic rings. The topological polar surface area (TPSA) is 111 Å². The Bertz CT molecular complexity index is 2210. The number of likely N-dealkylation sites (N-methyl/N-ethyl adjacent to an activating group) is 1. The average molecular weight is 1170 g/mol. The van der Waals surface area contributed by atoms with Crippen molar-refractivity contribution in [2.24, 2.45) is 0 Å². The molecule has 0 aliphatic heterocycles. The highest BCUT2D eigenvalue weighted by Gasteiger charge is 2.21. The molecule has 0 rings (SSSR count). The zero-order chi connectivity index (χ0) is 61.2. The molecule has 0 N–H and O–H groups in total. The third kappa shape index (κ3) is 65.5. The zero-order valence-corrected chi connectivity index (χ0v) is 53.6. The van der Waals surface area contributed by atoms with Crippen LogP contribution in [0.4, 0.5) is 0 Å². The van der Waals surface area contributed by atoms with Crippen molar-refractivity contribution in [3.05, 3.63) is 219 Å². The van der Waals surface area contributed by atoms with Crippen LogP contribution >= 0.6 is 7.82 Å². The standard InChI is InChI=1S/C74H112NO8P/c1-6-8-10-12-14-16-18-20-22-24-26-28-29-30-31-32-33-34-35-36-37-38-39-40-41-42-43-44-45-47-49-51-53-55-57-59-61-63-65-67-74(77)83-72(71-82-84(78,79)81-69-68-75(3,4)5)70-80-73(76)66-64-62-60-58-56-54-52-50-48-46-27-25-23-21-19-17-15-13-11-9-7-2/h8-11,14-17,20-23,26-28,30-31,33-34,36-37,39-40,42-43,45-47,50-53,56-59,72H,6-7,12-13,18-19,24-25,29,32,35,38,41,44,48-49,54-55,60-71H2,1-5H3/b10-8-,11-9-,16-14-,17-15-,22-20-,23-21-,28-26-,31-30-,34-33-,37-36-,40-39-,43-42-,46-27-,47-45-,52-50-,53-51-,58-56-,59-57-. The van der Waals surface area contributed by atoms with Crippen LogP contribution in [0.5, 0.6) is 0 Å². The van der Waals surface area contributed by atoms with Gasteiger partial charge in [-0.1, -0.05) is 233 Å². The molecule has 0 aliphatic carbocycles. The van der Waals surface area contributed by atoms with Gasteiger partial charge in [0.25, 0.3) is 7.82 Å². The molecule has 84 heavy (non-hydrogen) atoms. The minimum absolute atomic E-state index is 0.0603. The van der Waals surface area contributed by atoms with Crippen molar-refractivity contribution in [3.8, 4) is 0 Å². The Labute approximate surface area is 512 Å². The van der Waals surface area contributed by atoms with Crippen molar-refractivity contribution in [2.45, 2.75) is 187 Å². The molecule has 0 spiro atoms. The van der Waals surface area contributed by atoms with Gasteiger partial charge in [0.1, 0.15) is 19.8 Å². The first kappa shape index (κ1) is 78.3. The van der Waals surface area contributed by atoms with Gasteiger partial charge in [-0.05, 0) is 154 Å². The fourth-order valence-electron chi connectivity index (χ4n) is 7.23. The van der Waals surface area contributed by atoms with Crippen molar-refractivity contribution in [1.29, 1.82) is 0 Å². The van der Waals surface area contributed by atoms with Crippen LogP contribution < -0.4 is 4.89 Å². The van der Waals surface area contributed by atoms with E-state index in [9.17, 15) is 19.0 Å². The molecule has 0 saturated carbocycles. The summed E-state index contributed by atoms with van der Waals surface area (Å²) < 4.78 is 34.0. The van der Waals surface area contributed by atoms with Gasteiger partial charge in [-0.3, -0.25) is 14.2 Å². The Morgan fingerprint density at radius 2 is 0.631 bits per heavy atom. The number of rotatable bonds is 54. The lowest BCUT2D eigenvalue weighted by Gasteiger charge is -2.28. The molecule has 0 aromatic heterocycles. The number of hydrogen-bond acceptors (Lipinski definition) is 8. The fraction of sp³-hybridized carbons (Fsp3) is 0.486. The maximum absolute atomic E-state index is 12.8. The van der Waals surface area contributed by atoms with Crippen LogP contribution in [0.3, 0.4) is 0 Å². The summed E-state index contributed by atoms with van der Waals surface area (Å²) in [6.07, 6.45) is 100. The molecule has 0 saturated heterocycles. The van der Waals surface area contributed by atoms with E-state index in [2.05, 4.69) is 233 Å². The number of allylic oxidation sites excluding steroid dienone is 36. The first-order chi connectivity index (χ1) is 41.0. The molecule has 0 bridgehead atoms. The fourth-order valence-corrected chi connectivity index (χ4v) is 7.95. The van der Waals surface area contributed by atoms with E-state index in [-0.39, 0.29) is 26.1 Å². The molecule has 0 fully saturated rings. The second-order valence-electron chi connectivity index (χ2n) is 20.9. The molecule has 0 radical (unpaired) electrons. The van der Waals surface area contributed by atoms with Crippen LogP contribution in [0.15, 0.2) is 219 Å². The maximum Gasteiger partial charge on any atom is 0.306 e. The third-order valence-corrected chi connectivity index (χ3v) is 13.0. The highest BCUT2D eigenvalue weighted by molar-refractivity contribution is 7.45. The SMILES string of the molecule is CC/C=C\C/C=C\C/C=C\C/C=C\C/C=C\C/C=C\C/C=C\C/C=C\C/C=C\C/C=C\C/C=C\C/C=C\CCCCC(=O)OC(COC(=O)CCCC/C=C\C/C=C\C/C=C\C/C=C\C/C=C\C/C=C\CC)COP(=O)([O-])OCC[N+](C)(C)C. The van der Waals surface area contributed by atoms with Gasteiger partial charge in [0.05, 0.1) is 27.7 Å². The molecule has 466 valence electrons. The number of ether oxygens (including phenoxy) is 2. The third-order valence-electron chi connectivity index (χ3n) is 12.0. The normalized spacial score (nSPS) is 14.7. The van der Waals surface area contributed by atoms with Crippen molar-refractivity contribution < 1.29 is 42.1 Å². The minimum atomic E-state index is -4.68. The summed E-state index contributed by atoms with van der Waals surface area (Å²) in [6, 6.07) is 0. The Hall–Kier alpha value is -5.67. The van der Waals surface area contributed by atoms with Crippen LogP contribution in [-0.2, 0) is 32.7 Å². The van der Waals surface area contributed by atoms with E-state index in [1.807, 2.05) is 21.1 Å². The van der Waals surface area contributed by atoms with Crippen LogP contribution in [0.2, 0.25) is 0 Å². The lowest BCUT2D eigenvalue weighted by molar-refractivity contribution is -0.870. The summed E-state index contributed by atoms with van der Waals surface area (Å²) in [6.45, 7) is 3.86. The molecule has 0 aromatic carbocycles. The number of carbonyl (C=O) groups excluding carboxylic acids is 2. The molecule has 2 unspecified atom stereocenters. The van der Waals surface area contributed by atoms with E-state index < -0.39 is 32.5 Å². The number of unbranched alkanes of at least 4 members (excludes halogenated alkanes) is 4. The number of phosphoric acid groups is 1. The monoisotopic (exact) mass is 1170 g/mol. The predicted octanol–water partition coefficient (Wildman–Crippen LogP) is 19.8. The largest absolute Gasteiger partial charge is 0.756 e. The quantitative estimate of drug-likeness (QED) is 0.0195. The second-order valence-corrected chi connectivity index (χ2v) is 22.4. The van der Waals surface area contributed by atoms with Gasteiger partial charge in [0.2, 0.25) is 0 Å². The number of phosphoric ester groups is 1. The van der Waals surface area contributed by atoms with Gasteiger partial charge in [0, 0.05) is 12.8 Å². The van der Waals surface area contributed by atoms with E-state index in [1.165, 1.54) is 0 Å². The van der Waals surface area contributed by atoms with E-state index in [0.29, 0.717) is 23.9 Å². The number of quaternary nitrogens is 1. The van der Waals surface area contributed by atoms with E-state index in [1.54, 1.807) is 0 Å². The first-order valence-corrected chi connectivity index (χ1v) is 32.9. The Balaban J connectivity index is 4.34. The number of carbonyl (C=O) groups is 2. The van der Waals surface area contributed by atoms with Crippen molar-refractivity contribution in [2.75, 3.05) is 47.5 Å². The van der Waals surface area contributed by atoms with Gasteiger partial charge in [0.15, 0.2) is 6.10 Å². The Morgan fingerprint density at radius 3 is 0.905 bits per heavy atom. The van der Waals surface area contributed by atoms with Crippen molar-refractivity contribution in [1.82, 2.24) is 0 Å². The predicted molar refractivity (Wildman–Crippen MR) is 359 cm³/mol. The molecule has 10 heteroatoms. The summed E-state index contributed by atoms with van der Waals surface area (Å²) in [5, 5.41) is 0. The molecule has 2 atom stereocenters. The van der Waals surface area contributed by atoms with Gasteiger partial charge < -0.3 is 27.9 Å². The molecule has 9 nitrogen and oxygen atoms in total. The van der Waals surface area contributed by atoms with Crippen LogP contribution in [0.25, 0.3) is 0 Å². The zero-order valence-electron chi connectivity index (χ0n) is 52.7. The summed E-state index contributed by atoms with van der Waals surface area (Å²) in [5.74, 6) is -0.959. The number of esters is 2. The van der Waals surface area contributed by atoms with Crippen LogP contribution in [0, 0.1) is 0 Å².